The predicted octanol–water partition coefficient (Wildman–Crippen LogP) is 3.05. The largest absolute Gasteiger partial charge is 0.313 e. The van der Waals surface area contributed by atoms with E-state index in [0.29, 0.717) is 4.75 Å². The zero-order chi connectivity index (χ0) is 10.0. The highest BCUT2D eigenvalue weighted by molar-refractivity contribution is 8.00. The van der Waals surface area contributed by atoms with Gasteiger partial charge in [-0.25, -0.2) is 0 Å². The molecule has 0 spiro atoms. The van der Waals surface area contributed by atoms with Crippen molar-refractivity contribution in [3.05, 3.63) is 0 Å². The summed E-state index contributed by atoms with van der Waals surface area (Å²) in [5.41, 5.74) is 0. The van der Waals surface area contributed by atoms with E-state index in [1.54, 1.807) is 0 Å². The molecule has 2 aliphatic carbocycles. The van der Waals surface area contributed by atoms with Crippen LogP contribution in [0, 0.1) is 5.92 Å². The summed E-state index contributed by atoms with van der Waals surface area (Å²) < 4.78 is 0.586. The molecule has 1 nitrogen and oxygen atoms in total. The van der Waals surface area contributed by atoms with Gasteiger partial charge < -0.3 is 5.32 Å². The monoisotopic (exact) mass is 213 g/mol. The summed E-state index contributed by atoms with van der Waals surface area (Å²) in [7, 11) is 0. The van der Waals surface area contributed by atoms with Crippen molar-refractivity contribution in [2.45, 2.75) is 56.2 Å². The molecule has 0 saturated heterocycles. The summed E-state index contributed by atoms with van der Waals surface area (Å²) in [5, 5.41) is 3.76. The second-order valence-corrected chi connectivity index (χ2v) is 6.38. The second kappa shape index (κ2) is 4.44. The molecule has 2 aliphatic rings. The Bertz CT molecular complexity index is 183. The van der Waals surface area contributed by atoms with E-state index in [9.17, 15) is 0 Å². The highest BCUT2D eigenvalue weighted by Crippen LogP contribution is 2.40. The Morgan fingerprint density at radius 3 is 2.50 bits per heavy atom. The van der Waals surface area contributed by atoms with Crippen LogP contribution in [0.25, 0.3) is 0 Å². The van der Waals surface area contributed by atoms with Crippen molar-refractivity contribution < 1.29 is 0 Å². The van der Waals surface area contributed by atoms with Gasteiger partial charge in [-0.1, -0.05) is 12.8 Å². The topological polar surface area (TPSA) is 12.0 Å². The molecule has 0 aromatic rings. The maximum absolute atomic E-state index is 3.76. The van der Waals surface area contributed by atoms with Gasteiger partial charge >= 0.3 is 0 Å². The van der Waals surface area contributed by atoms with Gasteiger partial charge in [0.2, 0.25) is 0 Å². The minimum absolute atomic E-state index is 0.586. The number of thioether (sulfide) groups is 1. The number of nitrogens with one attached hydrogen (secondary N) is 1. The zero-order valence-corrected chi connectivity index (χ0v) is 10.3. The average molecular weight is 213 g/mol. The third-order valence-corrected chi connectivity index (χ3v) is 5.44. The van der Waals surface area contributed by atoms with E-state index >= 15 is 0 Å². The van der Waals surface area contributed by atoms with E-state index in [4.69, 9.17) is 0 Å². The Kier molecular flexibility index (Phi) is 3.43. The van der Waals surface area contributed by atoms with Crippen LogP contribution in [0.15, 0.2) is 0 Å². The second-order valence-electron chi connectivity index (χ2n) is 5.10. The molecule has 2 rings (SSSR count). The molecular weight excluding hydrogens is 190 g/mol. The first kappa shape index (κ1) is 10.8. The molecule has 0 bridgehead atoms. The first-order chi connectivity index (χ1) is 6.76. The molecule has 0 aromatic carbocycles. The normalized spacial score (nSPS) is 27.9. The lowest BCUT2D eigenvalue weighted by Crippen LogP contribution is -2.40. The van der Waals surface area contributed by atoms with E-state index in [1.807, 2.05) is 0 Å². The summed E-state index contributed by atoms with van der Waals surface area (Å²) >= 11 is 2.09. The van der Waals surface area contributed by atoms with Crippen LogP contribution in [0.2, 0.25) is 0 Å². The van der Waals surface area contributed by atoms with E-state index in [-0.39, 0.29) is 0 Å². The highest BCUT2D eigenvalue weighted by Gasteiger charge is 2.35. The van der Waals surface area contributed by atoms with Gasteiger partial charge in [0.15, 0.2) is 0 Å². The van der Waals surface area contributed by atoms with Crippen molar-refractivity contribution in [1.29, 1.82) is 0 Å². The van der Waals surface area contributed by atoms with Crippen LogP contribution >= 0.6 is 11.8 Å². The van der Waals surface area contributed by atoms with Gasteiger partial charge in [0, 0.05) is 17.3 Å². The molecule has 14 heavy (non-hydrogen) atoms. The predicted molar refractivity (Wildman–Crippen MR) is 64.9 cm³/mol. The molecule has 1 atom stereocenters. The van der Waals surface area contributed by atoms with Gasteiger partial charge in [-0.3, -0.25) is 0 Å². The standard InChI is InChI=1S/C12H23NS/c1-10(11-5-6-11)13-9-12(14-2)7-3-4-8-12/h10-11,13H,3-9H2,1-2H3. The zero-order valence-electron chi connectivity index (χ0n) is 9.51. The van der Waals surface area contributed by atoms with E-state index in [1.165, 1.54) is 45.1 Å². The molecule has 2 saturated carbocycles. The van der Waals surface area contributed by atoms with Gasteiger partial charge in [0.25, 0.3) is 0 Å². The summed E-state index contributed by atoms with van der Waals surface area (Å²) in [5.74, 6) is 0.996. The smallest absolute Gasteiger partial charge is 0.0281 e. The van der Waals surface area contributed by atoms with Gasteiger partial charge in [0.1, 0.15) is 0 Å². The van der Waals surface area contributed by atoms with Crippen LogP contribution in [0.4, 0.5) is 0 Å². The third kappa shape index (κ3) is 2.46. The van der Waals surface area contributed by atoms with E-state index in [0.717, 1.165) is 12.0 Å². The van der Waals surface area contributed by atoms with Crippen LogP contribution in [-0.2, 0) is 0 Å². The summed E-state index contributed by atoms with van der Waals surface area (Å²) in [6, 6.07) is 0.764. The van der Waals surface area contributed by atoms with Crippen LogP contribution in [0.1, 0.15) is 45.4 Å². The molecular formula is C12H23NS. The molecule has 0 radical (unpaired) electrons. The summed E-state index contributed by atoms with van der Waals surface area (Å²) in [6.45, 7) is 3.60. The summed E-state index contributed by atoms with van der Waals surface area (Å²) in [6.07, 6.45) is 11.0. The molecule has 0 aromatic heterocycles. The molecule has 1 N–H and O–H groups in total. The van der Waals surface area contributed by atoms with Crippen molar-refractivity contribution in [1.82, 2.24) is 5.32 Å². The molecule has 2 heteroatoms. The molecule has 1 unspecified atom stereocenters. The molecule has 82 valence electrons. The van der Waals surface area contributed by atoms with Crippen molar-refractivity contribution in [3.63, 3.8) is 0 Å². The number of rotatable bonds is 5. The lowest BCUT2D eigenvalue weighted by molar-refractivity contribution is 0.446. The van der Waals surface area contributed by atoms with Gasteiger partial charge in [0.05, 0.1) is 0 Å². The lowest BCUT2D eigenvalue weighted by Gasteiger charge is -2.29. The first-order valence-corrected chi connectivity index (χ1v) is 7.27. The van der Waals surface area contributed by atoms with E-state index < -0.39 is 0 Å². The van der Waals surface area contributed by atoms with Crippen LogP contribution in [-0.4, -0.2) is 23.6 Å². The lowest BCUT2D eigenvalue weighted by atomic mass is 10.1. The Hall–Kier alpha value is 0.310. The summed E-state index contributed by atoms with van der Waals surface area (Å²) in [4.78, 5) is 0. The highest BCUT2D eigenvalue weighted by atomic mass is 32.2. The SMILES string of the molecule is CSC1(CNC(C)C2CC2)CCCC1. The number of hydrogen-bond acceptors (Lipinski definition) is 2. The Balaban J connectivity index is 1.76. The molecule has 2 fully saturated rings. The fourth-order valence-corrected chi connectivity index (χ4v) is 3.51. The Morgan fingerprint density at radius 2 is 2.00 bits per heavy atom. The maximum atomic E-state index is 3.76. The maximum Gasteiger partial charge on any atom is 0.0281 e. The van der Waals surface area contributed by atoms with Crippen molar-refractivity contribution >= 4 is 11.8 Å². The van der Waals surface area contributed by atoms with Crippen LogP contribution in [0.3, 0.4) is 0 Å². The quantitative estimate of drug-likeness (QED) is 0.753. The van der Waals surface area contributed by atoms with Crippen LogP contribution < -0.4 is 5.32 Å². The van der Waals surface area contributed by atoms with Crippen molar-refractivity contribution in [2.75, 3.05) is 12.8 Å². The van der Waals surface area contributed by atoms with Crippen LogP contribution in [0.5, 0.6) is 0 Å². The Morgan fingerprint density at radius 1 is 1.36 bits per heavy atom. The molecule has 0 amide bonds. The Labute approximate surface area is 92.4 Å². The third-order valence-electron chi connectivity index (χ3n) is 4.02. The first-order valence-electron chi connectivity index (χ1n) is 6.04. The molecule has 0 aliphatic heterocycles. The fraction of sp³-hybridized carbons (Fsp3) is 1.00. The van der Waals surface area contributed by atoms with Gasteiger partial charge in [-0.15, -0.1) is 0 Å². The van der Waals surface area contributed by atoms with Gasteiger partial charge in [-0.2, -0.15) is 11.8 Å². The van der Waals surface area contributed by atoms with Crippen molar-refractivity contribution in [2.24, 2.45) is 5.92 Å². The fourth-order valence-electron chi connectivity index (χ4n) is 2.58. The minimum atomic E-state index is 0.586. The minimum Gasteiger partial charge on any atom is -0.313 e. The average Bonchev–Trinajstić information content (AvgIpc) is 2.95. The number of hydrogen-bond donors (Lipinski definition) is 1. The van der Waals surface area contributed by atoms with Gasteiger partial charge in [-0.05, 0) is 44.8 Å². The van der Waals surface area contributed by atoms with E-state index in [2.05, 4.69) is 30.3 Å². The molecule has 0 heterocycles. The van der Waals surface area contributed by atoms with Crippen molar-refractivity contribution in [3.8, 4) is 0 Å².